The minimum atomic E-state index is 0. The van der Waals surface area contributed by atoms with Crippen molar-refractivity contribution < 1.29 is 9.59 Å². The molecule has 2 aliphatic heterocycles. The highest BCUT2D eigenvalue weighted by atomic mass is 35.5. The number of aryl methyl sites for hydroxylation is 4. The van der Waals surface area contributed by atoms with Crippen molar-refractivity contribution in [3.63, 3.8) is 0 Å². The van der Waals surface area contributed by atoms with Crippen LogP contribution in [0.4, 0.5) is 0 Å². The monoisotopic (exact) mass is 690 g/mol. The van der Waals surface area contributed by atoms with Crippen LogP contribution in [0.15, 0.2) is 60.7 Å². The summed E-state index contributed by atoms with van der Waals surface area (Å²) < 4.78 is 0. The third kappa shape index (κ3) is 8.52. The maximum Gasteiger partial charge on any atom is 0.246 e. The molecule has 2 aliphatic rings. The van der Waals surface area contributed by atoms with Gasteiger partial charge in [0.15, 0.2) is 0 Å². The summed E-state index contributed by atoms with van der Waals surface area (Å²) in [7, 11) is 0. The average molecular weight is 691 g/mol. The number of hydrogen-bond donors (Lipinski definition) is 0. The van der Waals surface area contributed by atoms with Crippen molar-refractivity contribution in [2.24, 2.45) is 11.8 Å². The smallest absolute Gasteiger partial charge is 0.246 e. The molecule has 4 nitrogen and oxygen atoms in total. The van der Waals surface area contributed by atoms with E-state index in [0.29, 0.717) is 11.8 Å². The summed E-state index contributed by atoms with van der Waals surface area (Å²) in [6.45, 7) is 16.5. The molecule has 0 radical (unpaired) electrons. The van der Waals surface area contributed by atoms with Crippen molar-refractivity contribution >= 4 is 57.9 Å². The molecule has 0 unspecified atom stereocenters. The van der Waals surface area contributed by atoms with Crippen molar-refractivity contribution in [3.8, 4) is 0 Å². The molecule has 50 heavy (non-hydrogen) atoms. The first-order valence-electron chi connectivity index (χ1n) is 18.5. The number of carbonyl (C=O) groups excluding carboxylic acids is 2. The second-order valence-electron chi connectivity index (χ2n) is 15.0. The third-order valence-corrected chi connectivity index (χ3v) is 11.9. The molecule has 6 rings (SSSR count). The Kier molecular flexibility index (Phi) is 12.3. The van der Waals surface area contributed by atoms with Gasteiger partial charge in [-0.25, -0.2) is 0 Å². The molecule has 0 bridgehead atoms. The molecule has 2 heterocycles. The van der Waals surface area contributed by atoms with E-state index in [1.165, 1.54) is 74.2 Å². The van der Waals surface area contributed by atoms with E-state index in [1.807, 2.05) is 22.0 Å². The number of piperidine rings is 2. The lowest BCUT2D eigenvalue weighted by molar-refractivity contribution is -0.128. The van der Waals surface area contributed by atoms with Gasteiger partial charge in [-0.3, -0.25) is 9.59 Å². The zero-order valence-electron chi connectivity index (χ0n) is 31.0. The zero-order chi connectivity index (χ0) is 34.7. The first-order valence-corrected chi connectivity index (χ1v) is 18.5. The molecule has 2 amide bonds. The summed E-state index contributed by atoms with van der Waals surface area (Å²) in [6, 6.07) is 17.5. The number of halogens is 1. The highest BCUT2D eigenvalue weighted by Gasteiger charge is 2.24. The maximum atomic E-state index is 13.0. The van der Waals surface area contributed by atoms with Gasteiger partial charge in [0.05, 0.1) is 0 Å². The molecule has 2 fully saturated rings. The summed E-state index contributed by atoms with van der Waals surface area (Å²) in [6.07, 6.45) is 15.6. The van der Waals surface area contributed by atoms with Gasteiger partial charge in [0.1, 0.15) is 0 Å². The standard InChI is InChI=1S/C45H54N2O2.ClH/c1-30-26-40-14-10-38(28-42(40)34(5)32(30)3)12-16-44(48)46-22-18-36(19-23-46)8-7-9-37-20-24-47(25-21-37)45(49)17-13-39-11-15-41-27-31(2)33(4)35(6)43(41)29-39;/h10-17,26-29,36-37H,7-9,18-25H2,1-6H3;1H/b16-12+,17-13+;. The Bertz CT molecular complexity index is 1780. The van der Waals surface area contributed by atoms with E-state index >= 15 is 0 Å². The van der Waals surface area contributed by atoms with Crippen LogP contribution in [0.25, 0.3) is 33.7 Å². The van der Waals surface area contributed by atoms with E-state index in [9.17, 15) is 9.59 Å². The molecule has 2 saturated heterocycles. The minimum Gasteiger partial charge on any atom is -0.339 e. The Labute approximate surface area is 306 Å². The summed E-state index contributed by atoms with van der Waals surface area (Å²) in [5, 5.41) is 5.05. The lowest BCUT2D eigenvalue weighted by Gasteiger charge is -2.33. The predicted octanol–water partition coefficient (Wildman–Crippen LogP) is 10.6. The SMILES string of the molecule is Cc1cc2ccc(/C=C/C(=O)N3CCC(CCCC4CCN(C(=O)/C=C/c5ccc6cc(C)c(C)c(C)c6c5)CC4)CC3)cc2c(C)c1C.Cl. The van der Waals surface area contributed by atoms with Crippen molar-refractivity contribution in [3.05, 3.63) is 105 Å². The molecule has 0 aliphatic carbocycles. The Hall–Kier alpha value is -3.89. The van der Waals surface area contributed by atoms with Gasteiger partial charge in [0.25, 0.3) is 0 Å². The molecule has 4 aromatic carbocycles. The molecule has 0 saturated carbocycles. The molecule has 264 valence electrons. The number of fused-ring (bicyclic) bond motifs is 2. The fourth-order valence-corrected chi connectivity index (χ4v) is 8.06. The van der Waals surface area contributed by atoms with Crippen LogP contribution in [0.1, 0.15) is 89.5 Å². The predicted molar refractivity (Wildman–Crippen MR) is 214 cm³/mol. The van der Waals surface area contributed by atoms with Gasteiger partial charge in [-0.1, -0.05) is 55.7 Å². The second kappa shape index (κ2) is 16.4. The normalized spacial score (nSPS) is 16.2. The minimum absolute atomic E-state index is 0. The highest BCUT2D eigenvalue weighted by molar-refractivity contribution is 5.95. The highest BCUT2D eigenvalue weighted by Crippen LogP contribution is 2.30. The van der Waals surface area contributed by atoms with Crippen molar-refractivity contribution in [2.45, 2.75) is 86.5 Å². The molecular weight excluding hydrogens is 636 g/mol. The van der Waals surface area contributed by atoms with Crippen LogP contribution in [0.5, 0.6) is 0 Å². The van der Waals surface area contributed by atoms with E-state index in [2.05, 4.69) is 90.1 Å². The van der Waals surface area contributed by atoms with Crippen LogP contribution in [0.3, 0.4) is 0 Å². The summed E-state index contributed by atoms with van der Waals surface area (Å²) in [4.78, 5) is 30.1. The fraction of sp³-hybridized carbons (Fsp3) is 0.422. The van der Waals surface area contributed by atoms with Crippen LogP contribution in [0, 0.1) is 53.4 Å². The van der Waals surface area contributed by atoms with Crippen LogP contribution in [-0.4, -0.2) is 47.8 Å². The molecule has 0 aromatic heterocycles. The van der Waals surface area contributed by atoms with Crippen molar-refractivity contribution in [1.82, 2.24) is 9.80 Å². The Morgan fingerprint density at radius 3 is 1.34 bits per heavy atom. The van der Waals surface area contributed by atoms with Gasteiger partial charge in [0, 0.05) is 38.3 Å². The lowest BCUT2D eigenvalue weighted by atomic mass is 9.87. The summed E-state index contributed by atoms with van der Waals surface area (Å²) in [5.41, 5.74) is 10.1. The molecule has 4 aromatic rings. The summed E-state index contributed by atoms with van der Waals surface area (Å²) in [5.74, 6) is 1.68. The molecular formula is C45H55ClN2O2. The van der Waals surface area contributed by atoms with Crippen LogP contribution in [0.2, 0.25) is 0 Å². The van der Waals surface area contributed by atoms with Crippen LogP contribution in [-0.2, 0) is 9.59 Å². The zero-order valence-corrected chi connectivity index (χ0v) is 31.8. The van der Waals surface area contributed by atoms with Crippen LogP contribution < -0.4 is 0 Å². The van der Waals surface area contributed by atoms with Gasteiger partial charge in [-0.15, -0.1) is 12.4 Å². The Balaban J connectivity index is 0.00000486. The van der Waals surface area contributed by atoms with E-state index in [1.54, 1.807) is 12.2 Å². The van der Waals surface area contributed by atoms with Crippen LogP contribution >= 0.6 is 12.4 Å². The second-order valence-corrected chi connectivity index (χ2v) is 15.0. The largest absolute Gasteiger partial charge is 0.339 e. The molecule has 5 heteroatoms. The van der Waals surface area contributed by atoms with Gasteiger partial charge in [-0.05, 0) is 169 Å². The number of rotatable bonds is 8. The van der Waals surface area contributed by atoms with Gasteiger partial charge < -0.3 is 9.80 Å². The van der Waals surface area contributed by atoms with E-state index in [0.717, 1.165) is 63.0 Å². The Morgan fingerprint density at radius 2 is 0.960 bits per heavy atom. The molecule has 0 atom stereocenters. The van der Waals surface area contributed by atoms with Gasteiger partial charge in [-0.2, -0.15) is 0 Å². The van der Waals surface area contributed by atoms with Gasteiger partial charge in [0.2, 0.25) is 11.8 Å². The summed E-state index contributed by atoms with van der Waals surface area (Å²) >= 11 is 0. The maximum absolute atomic E-state index is 13.0. The molecule has 0 spiro atoms. The topological polar surface area (TPSA) is 40.6 Å². The van der Waals surface area contributed by atoms with E-state index in [4.69, 9.17) is 0 Å². The number of nitrogens with zero attached hydrogens (tertiary/aromatic N) is 2. The van der Waals surface area contributed by atoms with Gasteiger partial charge >= 0.3 is 0 Å². The van der Waals surface area contributed by atoms with Crippen molar-refractivity contribution in [1.29, 1.82) is 0 Å². The average Bonchev–Trinajstić information content (AvgIpc) is 3.12. The number of carbonyl (C=O) groups is 2. The fourth-order valence-electron chi connectivity index (χ4n) is 8.06. The first-order chi connectivity index (χ1) is 23.6. The first kappa shape index (κ1) is 37.4. The Morgan fingerprint density at radius 1 is 0.580 bits per heavy atom. The lowest BCUT2D eigenvalue weighted by Crippen LogP contribution is -2.38. The van der Waals surface area contributed by atoms with E-state index in [-0.39, 0.29) is 24.2 Å². The number of likely N-dealkylation sites (tertiary alicyclic amines) is 2. The van der Waals surface area contributed by atoms with Crippen molar-refractivity contribution in [2.75, 3.05) is 26.2 Å². The molecule has 0 N–H and O–H groups in total. The quantitative estimate of drug-likeness (QED) is 0.173. The third-order valence-electron chi connectivity index (χ3n) is 11.9. The number of hydrogen-bond acceptors (Lipinski definition) is 2. The number of benzene rings is 4. The van der Waals surface area contributed by atoms with E-state index < -0.39 is 0 Å². The number of amides is 2.